The van der Waals surface area contributed by atoms with Gasteiger partial charge in [0.05, 0.1) is 12.2 Å². The summed E-state index contributed by atoms with van der Waals surface area (Å²) in [6.45, 7) is 8.74. The minimum absolute atomic E-state index is 0.0240. The van der Waals surface area contributed by atoms with Gasteiger partial charge < -0.3 is 10.2 Å². The maximum absolute atomic E-state index is 13.2. The molecule has 3 saturated carbocycles. The highest BCUT2D eigenvalue weighted by molar-refractivity contribution is 5.95. The van der Waals surface area contributed by atoms with E-state index in [0.29, 0.717) is 11.8 Å². The molecule has 4 rings (SSSR count). The summed E-state index contributed by atoms with van der Waals surface area (Å²) >= 11 is 0. The Hall–Kier alpha value is -0.670. The number of ketones is 1. The van der Waals surface area contributed by atoms with E-state index in [1.165, 1.54) is 5.57 Å². The van der Waals surface area contributed by atoms with Crippen molar-refractivity contribution in [2.45, 2.75) is 78.4 Å². The van der Waals surface area contributed by atoms with E-state index >= 15 is 0 Å². The van der Waals surface area contributed by atoms with Crippen LogP contribution in [0.25, 0.3) is 0 Å². The molecular formula is C21H32O3. The van der Waals surface area contributed by atoms with Crippen molar-refractivity contribution in [1.29, 1.82) is 0 Å². The highest BCUT2D eigenvalue weighted by Gasteiger charge is 2.62. The third-order valence-corrected chi connectivity index (χ3v) is 8.73. The molecule has 3 fully saturated rings. The zero-order valence-corrected chi connectivity index (χ0v) is 15.5. The number of rotatable bonds is 0. The van der Waals surface area contributed by atoms with Gasteiger partial charge in [0.25, 0.3) is 0 Å². The monoisotopic (exact) mass is 332 g/mol. The van der Waals surface area contributed by atoms with Gasteiger partial charge in [-0.3, -0.25) is 4.79 Å². The molecule has 0 aromatic carbocycles. The van der Waals surface area contributed by atoms with Crippen LogP contribution >= 0.6 is 0 Å². The molecule has 0 bridgehead atoms. The highest BCUT2D eigenvalue weighted by atomic mass is 16.3. The van der Waals surface area contributed by atoms with Crippen LogP contribution < -0.4 is 0 Å². The molecular weight excluding hydrogens is 300 g/mol. The second kappa shape index (κ2) is 4.94. The molecule has 134 valence electrons. The van der Waals surface area contributed by atoms with Gasteiger partial charge in [0, 0.05) is 11.3 Å². The van der Waals surface area contributed by atoms with Crippen molar-refractivity contribution in [3.63, 3.8) is 0 Å². The molecule has 0 saturated heterocycles. The van der Waals surface area contributed by atoms with E-state index in [9.17, 15) is 15.0 Å². The van der Waals surface area contributed by atoms with E-state index in [0.717, 1.165) is 38.5 Å². The highest BCUT2D eigenvalue weighted by Crippen LogP contribution is 2.66. The van der Waals surface area contributed by atoms with E-state index in [1.807, 2.05) is 6.08 Å². The van der Waals surface area contributed by atoms with Crippen LogP contribution in [0.5, 0.6) is 0 Å². The van der Waals surface area contributed by atoms with Crippen LogP contribution in [0.15, 0.2) is 11.6 Å². The number of aliphatic hydroxyl groups excluding tert-OH is 2. The van der Waals surface area contributed by atoms with E-state index in [4.69, 9.17) is 0 Å². The maximum atomic E-state index is 13.2. The second-order valence-corrected chi connectivity index (χ2v) is 10.0. The third-order valence-electron chi connectivity index (χ3n) is 8.73. The topological polar surface area (TPSA) is 57.5 Å². The molecule has 0 aromatic heterocycles. The van der Waals surface area contributed by atoms with E-state index in [2.05, 4.69) is 27.7 Å². The summed E-state index contributed by atoms with van der Waals surface area (Å²) in [5.74, 6) is 1.03. The third kappa shape index (κ3) is 1.89. The van der Waals surface area contributed by atoms with Gasteiger partial charge in [-0.25, -0.2) is 0 Å². The van der Waals surface area contributed by atoms with Gasteiger partial charge in [0.15, 0.2) is 5.78 Å². The molecule has 3 nitrogen and oxygen atoms in total. The first-order valence-electron chi connectivity index (χ1n) is 9.75. The van der Waals surface area contributed by atoms with Crippen LogP contribution in [-0.2, 0) is 4.79 Å². The van der Waals surface area contributed by atoms with Crippen molar-refractivity contribution >= 4 is 5.78 Å². The van der Waals surface area contributed by atoms with Gasteiger partial charge in [-0.1, -0.05) is 33.3 Å². The summed E-state index contributed by atoms with van der Waals surface area (Å²) in [6, 6.07) is 0. The summed E-state index contributed by atoms with van der Waals surface area (Å²) in [7, 11) is 0. The van der Waals surface area contributed by atoms with Crippen molar-refractivity contribution in [1.82, 2.24) is 0 Å². The van der Waals surface area contributed by atoms with Crippen LogP contribution in [0, 0.1) is 34.0 Å². The maximum Gasteiger partial charge on any atom is 0.159 e. The van der Waals surface area contributed by atoms with E-state index in [1.54, 1.807) is 0 Å². The molecule has 4 aliphatic rings. The Kier molecular flexibility index (Phi) is 3.46. The first-order chi connectivity index (χ1) is 11.1. The predicted octanol–water partition coefficient (Wildman–Crippen LogP) is 3.49. The van der Waals surface area contributed by atoms with E-state index < -0.39 is 0 Å². The molecule has 0 aromatic rings. The number of allylic oxidation sites excluding steroid dienone is 1. The minimum atomic E-state index is -0.358. The fourth-order valence-corrected chi connectivity index (χ4v) is 7.05. The normalized spacial score (nSPS) is 53.0. The van der Waals surface area contributed by atoms with Gasteiger partial charge in [-0.05, 0) is 67.3 Å². The van der Waals surface area contributed by atoms with Crippen LogP contribution in [0.1, 0.15) is 66.2 Å². The summed E-state index contributed by atoms with van der Waals surface area (Å²) < 4.78 is 0. The summed E-state index contributed by atoms with van der Waals surface area (Å²) in [6.07, 6.45) is 6.97. The van der Waals surface area contributed by atoms with Gasteiger partial charge in [-0.15, -0.1) is 0 Å². The van der Waals surface area contributed by atoms with Crippen molar-refractivity contribution in [3.8, 4) is 0 Å². The summed E-state index contributed by atoms with van der Waals surface area (Å²) in [5, 5.41) is 21.0. The lowest BCUT2D eigenvalue weighted by Crippen LogP contribution is -2.57. The first kappa shape index (κ1) is 16.8. The molecule has 4 aliphatic carbocycles. The first-order valence-corrected chi connectivity index (χ1v) is 9.75. The largest absolute Gasteiger partial charge is 0.393 e. The van der Waals surface area contributed by atoms with Crippen molar-refractivity contribution < 1.29 is 15.0 Å². The zero-order valence-electron chi connectivity index (χ0n) is 15.5. The number of hydrogen-bond donors (Lipinski definition) is 2. The minimum Gasteiger partial charge on any atom is -0.393 e. The quantitative estimate of drug-likeness (QED) is 0.714. The number of fused-ring (bicyclic) bond motifs is 5. The average molecular weight is 332 g/mol. The van der Waals surface area contributed by atoms with Crippen molar-refractivity contribution in [2.24, 2.45) is 34.0 Å². The molecule has 3 heteroatoms. The van der Waals surface area contributed by atoms with Crippen LogP contribution in [-0.4, -0.2) is 28.2 Å². The zero-order chi connectivity index (χ0) is 17.5. The van der Waals surface area contributed by atoms with Crippen LogP contribution in [0.4, 0.5) is 0 Å². The standard InChI is InChI=1S/C21H32O3/c1-19(2)15-11-14(22)18-12-5-6-17(24)21(12,4)9-7-13(18)20(15,3)10-8-16(19)23/h11-13,16-18,23-24H,5-10H2,1-4H3. The molecule has 0 heterocycles. The fraction of sp³-hybridized carbons (Fsp3) is 0.857. The number of hydrogen-bond acceptors (Lipinski definition) is 3. The van der Waals surface area contributed by atoms with Crippen LogP contribution in [0.2, 0.25) is 0 Å². The van der Waals surface area contributed by atoms with Gasteiger partial charge in [0.1, 0.15) is 0 Å². The Morgan fingerprint density at radius 1 is 0.917 bits per heavy atom. The Morgan fingerprint density at radius 2 is 1.62 bits per heavy atom. The SMILES string of the molecule is CC1(C)C2=CC(=O)C3C(CCC4(C)C(O)CCC34)C2(C)CCC1O. The molecule has 0 amide bonds. The Bertz CT molecular complexity index is 606. The molecule has 0 aliphatic heterocycles. The molecule has 0 spiro atoms. The lowest BCUT2D eigenvalue weighted by Gasteiger charge is -2.60. The van der Waals surface area contributed by atoms with Gasteiger partial charge in [-0.2, -0.15) is 0 Å². The summed E-state index contributed by atoms with van der Waals surface area (Å²) in [4.78, 5) is 13.2. The predicted molar refractivity (Wildman–Crippen MR) is 93.3 cm³/mol. The molecule has 7 atom stereocenters. The van der Waals surface area contributed by atoms with Crippen molar-refractivity contribution in [2.75, 3.05) is 0 Å². The Morgan fingerprint density at radius 3 is 2.33 bits per heavy atom. The Labute approximate surface area is 145 Å². The lowest BCUT2D eigenvalue weighted by molar-refractivity contribution is -0.139. The second-order valence-electron chi connectivity index (χ2n) is 10.0. The molecule has 2 N–H and O–H groups in total. The Balaban J connectivity index is 1.80. The number of aliphatic hydroxyl groups is 2. The van der Waals surface area contributed by atoms with Crippen LogP contribution in [0.3, 0.4) is 0 Å². The molecule has 0 radical (unpaired) electrons. The average Bonchev–Trinajstić information content (AvgIpc) is 2.82. The molecule has 24 heavy (non-hydrogen) atoms. The summed E-state index contributed by atoms with van der Waals surface area (Å²) in [5.41, 5.74) is 0.810. The van der Waals surface area contributed by atoms with Crippen molar-refractivity contribution in [3.05, 3.63) is 11.6 Å². The smallest absolute Gasteiger partial charge is 0.159 e. The van der Waals surface area contributed by atoms with Gasteiger partial charge in [0.2, 0.25) is 0 Å². The van der Waals surface area contributed by atoms with Gasteiger partial charge >= 0.3 is 0 Å². The number of carbonyl (C=O) groups is 1. The van der Waals surface area contributed by atoms with E-state index in [-0.39, 0.29) is 40.2 Å². The lowest BCUT2D eigenvalue weighted by atomic mass is 9.44. The molecule has 7 unspecified atom stereocenters. The fourth-order valence-electron chi connectivity index (χ4n) is 7.05. The number of carbonyl (C=O) groups excluding carboxylic acids is 1.